The summed E-state index contributed by atoms with van der Waals surface area (Å²) in [4.78, 5) is 11.1. The van der Waals surface area contributed by atoms with Gasteiger partial charge in [0, 0.05) is 12.6 Å². The van der Waals surface area contributed by atoms with E-state index in [4.69, 9.17) is 11.7 Å². The minimum Gasteiger partial charge on any atom is -0.305 e. The van der Waals surface area contributed by atoms with Crippen molar-refractivity contribution in [3.8, 4) is 0 Å². The molecular formula is C5H9N5O. The highest BCUT2D eigenvalue weighted by molar-refractivity contribution is 5.83. The van der Waals surface area contributed by atoms with Gasteiger partial charge in [-0.1, -0.05) is 11.3 Å². The van der Waals surface area contributed by atoms with Crippen LogP contribution in [0.5, 0.6) is 0 Å². The molecule has 1 aliphatic rings. The second-order valence-electron chi connectivity index (χ2n) is 2.11. The lowest BCUT2D eigenvalue weighted by molar-refractivity contribution is -0.130. The summed E-state index contributed by atoms with van der Waals surface area (Å²) in [5.74, 6) is 9.75. The summed E-state index contributed by atoms with van der Waals surface area (Å²) in [6, 6.07) is -0.546. The Hall–Kier alpha value is -1.43. The molecule has 0 bridgehead atoms. The monoisotopic (exact) mass is 155 g/mol. The molecular weight excluding hydrogens is 146 g/mol. The minimum absolute atomic E-state index is 0.290. The standard InChI is InChI=1S/C5H9N5O/c6-9-8-4-2-1-3-10(7)5(4)11/h1,3-4H,2,7H2,(H2,6,8). The molecule has 0 radical (unpaired) electrons. The maximum Gasteiger partial charge on any atom is 0.267 e. The molecule has 60 valence electrons. The van der Waals surface area contributed by atoms with Gasteiger partial charge in [0.25, 0.3) is 5.91 Å². The van der Waals surface area contributed by atoms with Crippen molar-refractivity contribution in [2.45, 2.75) is 12.5 Å². The number of hydrogen-bond acceptors (Lipinski definition) is 4. The molecule has 11 heavy (non-hydrogen) atoms. The predicted molar refractivity (Wildman–Crippen MR) is 37.6 cm³/mol. The van der Waals surface area contributed by atoms with E-state index in [1.807, 2.05) is 0 Å². The van der Waals surface area contributed by atoms with Crippen molar-refractivity contribution in [2.24, 2.45) is 22.0 Å². The lowest BCUT2D eigenvalue weighted by Crippen LogP contribution is -2.41. The molecule has 1 aliphatic heterocycles. The van der Waals surface area contributed by atoms with E-state index in [0.717, 1.165) is 5.01 Å². The molecule has 0 fully saturated rings. The molecule has 1 atom stereocenters. The molecule has 0 aromatic carbocycles. The molecule has 0 aromatic rings. The van der Waals surface area contributed by atoms with Crippen molar-refractivity contribution in [3.05, 3.63) is 12.3 Å². The van der Waals surface area contributed by atoms with Gasteiger partial charge in [0.2, 0.25) is 0 Å². The molecule has 1 amide bonds. The van der Waals surface area contributed by atoms with Crippen LogP contribution in [0.2, 0.25) is 0 Å². The topological polar surface area (TPSA) is 97.1 Å². The van der Waals surface area contributed by atoms with E-state index in [1.165, 1.54) is 6.20 Å². The van der Waals surface area contributed by atoms with E-state index >= 15 is 0 Å². The van der Waals surface area contributed by atoms with Gasteiger partial charge in [-0.3, -0.25) is 9.80 Å². The van der Waals surface area contributed by atoms with Gasteiger partial charge < -0.3 is 5.84 Å². The Bertz CT molecular complexity index is 211. The summed E-state index contributed by atoms with van der Waals surface area (Å²) >= 11 is 0. The maximum atomic E-state index is 11.1. The molecule has 0 saturated carbocycles. The van der Waals surface area contributed by atoms with Gasteiger partial charge >= 0.3 is 0 Å². The van der Waals surface area contributed by atoms with E-state index in [1.54, 1.807) is 6.08 Å². The van der Waals surface area contributed by atoms with Crippen LogP contribution < -0.4 is 11.7 Å². The molecule has 6 heteroatoms. The molecule has 4 N–H and O–H groups in total. The number of carbonyl (C=O) groups excluding carboxylic acids is 1. The van der Waals surface area contributed by atoms with Crippen LogP contribution in [0.25, 0.3) is 0 Å². The van der Waals surface area contributed by atoms with Crippen molar-refractivity contribution < 1.29 is 4.79 Å². The average molecular weight is 155 g/mol. The van der Waals surface area contributed by atoms with Crippen LogP contribution in [0.3, 0.4) is 0 Å². The molecule has 0 aliphatic carbocycles. The Balaban J connectivity index is 2.70. The Morgan fingerprint density at radius 3 is 3.09 bits per heavy atom. The van der Waals surface area contributed by atoms with Crippen molar-refractivity contribution in [2.75, 3.05) is 0 Å². The Labute approximate surface area is 63.5 Å². The number of nitrogens with zero attached hydrogens (tertiary/aromatic N) is 3. The fourth-order valence-corrected chi connectivity index (χ4v) is 0.827. The third-order valence-electron chi connectivity index (χ3n) is 1.37. The smallest absolute Gasteiger partial charge is 0.267 e. The largest absolute Gasteiger partial charge is 0.305 e. The summed E-state index contributed by atoms with van der Waals surface area (Å²) in [5, 5.41) is 7.50. The number of carbonyl (C=O) groups is 1. The molecule has 1 heterocycles. The quantitative estimate of drug-likeness (QED) is 0.227. The average Bonchev–Trinajstić information content (AvgIpc) is 1.99. The zero-order chi connectivity index (χ0) is 8.27. The first-order valence-corrected chi connectivity index (χ1v) is 3.10. The van der Waals surface area contributed by atoms with Crippen LogP contribution >= 0.6 is 0 Å². The van der Waals surface area contributed by atoms with E-state index in [0.29, 0.717) is 6.42 Å². The van der Waals surface area contributed by atoms with Crippen molar-refractivity contribution >= 4 is 5.91 Å². The van der Waals surface area contributed by atoms with Gasteiger partial charge in [0.1, 0.15) is 0 Å². The Kier molecular flexibility index (Phi) is 2.17. The summed E-state index contributed by atoms with van der Waals surface area (Å²) in [5.41, 5.74) is 0. The second-order valence-corrected chi connectivity index (χ2v) is 2.11. The zero-order valence-corrected chi connectivity index (χ0v) is 5.84. The normalized spacial score (nSPS) is 25.0. The Morgan fingerprint density at radius 2 is 2.45 bits per heavy atom. The summed E-state index contributed by atoms with van der Waals surface area (Å²) in [6.45, 7) is 0. The lowest BCUT2D eigenvalue weighted by Gasteiger charge is -2.19. The fraction of sp³-hybridized carbons (Fsp3) is 0.400. The van der Waals surface area contributed by atoms with Crippen molar-refractivity contribution in [1.29, 1.82) is 0 Å². The predicted octanol–water partition coefficient (Wildman–Crippen LogP) is -0.699. The molecule has 0 saturated heterocycles. The van der Waals surface area contributed by atoms with Crippen molar-refractivity contribution in [3.63, 3.8) is 0 Å². The van der Waals surface area contributed by atoms with Crippen LogP contribution in [-0.2, 0) is 4.79 Å². The number of hydrazine groups is 1. The molecule has 0 spiro atoms. The third kappa shape index (κ3) is 1.53. The number of nitrogens with two attached hydrogens (primary N) is 2. The van der Waals surface area contributed by atoms with E-state index in [-0.39, 0.29) is 5.91 Å². The first kappa shape index (κ1) is 7.67. The Morgan fingerprint density at radius 1 is 1.73 bits per heavy atom. The maximum absolute atomic E-state index is 11.1. The van der Waals surface area contributed by atoms with Gasteiger partial charge in [-0.15, -0.1) is 0 Å². The van der Waals surface area contributed by atoms with E-state index < -0.39 is 6.04 Å². The highest BCUT2D eigenvalue weighted by atomic mass is 16.2. The van der Waals surface area contributed by atoms with Crippen LogP contribution in [0.1, 0.15) is 6.42 Å². The summed E-state index contributed by atoms with van der Waals surface area (Å²) in [7, 11) is 0. The number of hydrogen-bond donors (Lipinski definition) is 2. The molecule has 6 nitrogen and oxygen atoms in total. The minimum atomic E-state index is -0.546. The van der Waals surface area contributed by atoms with Crippen LogP contribution in [-0.4, -0.2) is 17.0 Å². The van der Waals surface area contributed by atoms with E-state index in [2.05, 4.69) is 10.3 Å². The highest BCUT2D eigenvalue weighted by Crippen LogP contribution is 2.08. The summed E-state index contributed by atoms with van der Waals surface area (Å²) < 4.78 is 0. The van der Waals surface area contributed by atoms with Crippen LogP contribution in [0.4, 0.5) is 0 Å². The first-order valence-electron chi connectivity index (χ1n) is 3.10. The summed E-state index contributed by atoms with van der Waals surface area (Å²) in [6.07, 6.45) is 3.73. The van der Waals surface area contributed by atoms with Crippen LogP contribution in [0.15, 0.2) is 22.6 Å². The zero-order valence-electron chi connectivity index (χ0n) is 5.84. The first-order chi connectivity index (χ1) is 5.25. The SMILES string of the molecule is NN=NC1CC=CN(N)C1=O. The van der Waals surface area contributed by atoms with Gasteiger partial charge in [-0.05, 0) is 0 Å². The van der Waals surface area contributed by atoms with E-state index in [9.17, 15) is 4.79 Å². The van der Waals surface area contributed by atoms with Gasteiger partial charge in [0.05, 0.1) is 0 Å². The van der Waals surface area contributed by atoms with Gasteiger partial charge in [-0.25, -0.2) is 5.84 Å². The third-order valence-corrected chi connectivity index (χ3v) is 1.37. The second kappa shape index (κ2) is 3.11. The lowest BCUT2D eigenvalue weighted by atomic mass is 10.1. The number of rotatable bonds is 1. The van der Waals surface area contributed by atoms with Crippen molar-refractivity contribution in [1.82, 2.24) is 5.01 Å². The van der Waals surface area contributed by atoms with Crippen LogP contribution in [0, 0.1) is 0 Å². The highest BCUT2D eigenvalue weighted by Gasteiger charge is 2.23. The molecule has 1 rings (SSSR count). The molecule has 1 unspecified atom stereocenters. The number of amides is 1. The van der Waals surface area contributed by atoms with Gasteiger partial charge in [0.15, 0.2) is 6.04 Å². The molecule has 0 aromatic heterocycles. The van der Waals surface area contributed by atoms with Gasteiger partial charge in [-0.2, -0.15) is 5.11 Å². The fourth-order valence-electron chi connectivity index (χ4n) is 0.827.